The first kappa shape index (κ1) is 23.0. The van der Waals surface area contributed by atoms with E-state index in [1.165, 1.54) is 0 Å². The number of nitrogens with one attached hydrogen (secondary N) is 2. The van der Waals surface area contributed by atoms with Gasteiger partial charge in [-0.25, -0.2) is 4.99 Å². The predicted octanol–water partition coefficient (Wildman–Crippen LogP) is 2.34. The van der Waals surface area contributed by atoms with E-state index >= 15 is 0 Å². The zero-order valence-electron chi connectivity index (χ0n) is 16.2. The van der Waals surface area contributed by atoms with Gasteiger partial charge in [-0.1, -0.05) is 19.1 Å². The molecule has 2 rings (SSSR count). The Kier molecular flexibility index (Phi) is 11.6. The van der Waals surface area contributed by atoms with Crippen molar-refractivity contribution in [3.05, 3.63) is 29.8 Å². The normalized spacial score (nSPS) is 16.5. The van der Waals surface area contributed by atoms with Gasteiger partial charge in [0.1, 0.15) is 5.75 Å². The molecule has 1 aliphatic heterocycles. The fourth-order valence-corrected chi connectivity index (χ4v) is 2.84. The number of hydrogen-bond acceptors (Lipinski definition) is 4. The van der Waals surface area contributed by atoms with Crippen LogP contribution in [0.1, 0.15) is 19.4 Å². The minimum Gasteiger partial charge on any atom is -0.497 e. The van der Waals surface area contributed by atoms with Crippen molar-refractivity contribution < 1.29 is 9.47 Å². The molecule has 0 radical (unpaired) electrons. The lowest BCUT2D eigenvalue weighted by atomic mass is 10.1. The fraction of sp³-hybridized carbons (Fsp3) is 0.632. The molecular weight excluding hydrogens is 443 g/mol. The number of ether oxygens (including phenoxy) is 2. The summed E-state index contributed by atoms with van der Waals surface area (Å²) in [7, 11) is 1.68. The number of methoxy groups -OCH3 is 1. The summed E-state index contributed by atoms with van der Waals surface area (Å²) >= 11 is 0. The molecule has 2 N–H and O–H groups in total. The van der Waals surface area contributed by atoms with Crippen molar-refractivity contribution in [3.63, 3.8) is 0 Å². The summed E-state index contributed by atoms with van der Waals surface area (Å²) in [6, 6.07) is 8.03. The Hall–Kier alpha value is -1.06. The van der Waals surface area contributed by atoms with E-state index in [-0.39, 0.29) is 24.0 Å². The number of aliphatic imine (C=N–C) groups is 1. The molecule has 148 valence electrons. The molecule has 0 saturated carbocycles. The van der Waals surface area contributed by atoms with Gasteiger partial charge in [-0.3, -0.25) is 4.90 Å². The molecule has 1 saturated heterocycles. The molecule has 1 unspecified atom stereocenters. The molecule has 0 amide bonds. The lowest BCUT2D eigenvalue weighted by molar-refractivity contribution is 0.0320. The Bertz CT molecular complexity index is 536. The molecule has 0 aliphatic carbocycles. The molecule has 1 aromatic carbocycles. The Labute approximate surface area is 174 Å². The second kappa shape index (κ2) is 13.2. The summed E-state index contributed by atoms with van der Waals surface area (Å²) < 4.78 is 10.7. The largest absolute Gasteiger partial charge is 0.497 e. The summed E-state index contributed by atoms with van der Waals surface area (Å²) in [6.07, 6.45) is 0. The lowest BCUT2D eigenvalue weighted by Gasteiger charge is -2.29. The van der Waals surface area contributed by atoms with E-state index in [1.54, 1.807) is 7.11 Å². The number of halogens is 1. The summed E-state index contributed by atoms with van der Waals surface area (Å²) in [4.78, 5) is 7.15. The van der Waals surface area contributed by atoms with Crippen molar-refractivity contribution in [1.82, 2.24) is 15.5 Å². The van der Waals surface area contributed by atoms with E-state index in [4.69, 9.17) is 9.47 Å². The van der Waals surface area contributed by atoms with E-state index in [9.17, 15) is 0 Å². The molecular formula is C19H33IN4O2. The second-order valence-corrected chi connectivity index (χ2v) is 6.45. The molecule has 7 heteroatoms. The number of benzene rings is 1. The first-order valence-electron chi connectivity index (χ1n) is 9.16. The zero-order chi connectivity index (χ0) is 17.9. The van der Waals surface area contributed by atoms with Gasteiger partial charge in [0.25, 0.3) is 0 Å². The molecule has 0 bridgehead atoms. The standard InChI is InChI=1S/C19H32N4O2.HI/c1-4-20-19(22-14-17-6-5-7-18(12-17)24-3)21-13-16(2)15-23-8-10-25-11-9-23;/h5-7,12,16H,4,8-11,13-15H2,1-3H3,(H2,20,21,22);1H. The van der Waals surface area contributed by atoms with E-state index in [0.717, 1.165) is 63.2 Å². The first-order valence-corrected chi connectivity index (χ1v) is 9.16. The van der Waals surface area contributed by atoms with Crippen LogP contribution in [0.4, 0.5) is 0 Å². The van der Waals surface area contributed by atoms with Gasteiger partial charge < -0.3 is 20.1 Å². The predicted molar refractivity (Wildman–Crippen MR) is 118 cm³/mol. The minimum atomic E-state index is 0. The number of morpholine rings is 1. The van der Waals surface area contributed by atoms with Gasteiger partial charge >= 0.3 is 0 Å². The van der Waals surface area contributed by atoms with Gasteiger partial charge in [0.15, 0.2) is 5.96 Å². The molecule has 0 aromatic heterocycles. The van der Waals surface area contributed by atoms with Crippen molar-refractivity contribution in [2.45, 2.75) is 20.4 Å². The SMILES string of the molecule is CCNC(=NCc1cccc(OC)c1)NCC(C)CN1CCOCC1.I. The zero-order valence-corrected chi connectivity index (χ0v) is 18.5. The summed E-state index contributed by atoms with van der Waals surface area (Å²) in [5.41, 5.74) is 1.14. The topological polar surface area (TPSA) is 58.1 Å². The summed E-state index contributed by atoms with van der Waals surface area (Å²) in [6.45, 7) is 11.6. The van der Waals surface area contributed by atoms with Crippen LogP contribution in [-0.4, -0.2) is 63.9 Å². The van der Waals surface area contributed by atoms with Crippen LogP contribution >= 0.6 is 24.0 Å². The lowest BCUT2D eigenvalue weighted by Crippen LogP contribution is -2.44. The van der Waals surface area contributed by atoms with Crippen LogP contribution in [0.2, 0.25) is 0 Å². The Morgan fingerprint density at radius 2 is 2.08 bits per heavy atom. The number of hydrogen-bond donors (Lipinski definition) is 2. The third-order valence-corrected chi connectivity index (χ3v) is 4.19. The molecule has 1 heterocycles. The maximum Gasteiger partial charge on any atom is 0.191 e. The average Bonchev–Trinajstić information content (AvgIpc) is 2.65. The number of nitrogens with zero attached hydrogens (tertiary/aromatic N) is 2. The van der Waals surface area contributed by atoms with Gasteiger partial charge in [0, 0.05) is 32.7 Å². The highest BCUT2D eigenvalue weighted by Crippen LogP contribution is 2.13. The summed E-state index contributed by atoms with van der Waals surface area (Å²) in [5, 5.41) is 6.77. The fourth-order valence-electron chi connectivity index (χ4n) is 2.84. The maximum atomic E-state index is 5.41. The third kappa shape index (κ3) is 8.55. The highest BCUT2D eigenvalue weighted by molar-refractivity contribution is 14.0. The molecule has 1 atom stereocenters. The van der Waals surface area contributed by atoms with E-state index in [1.807, 2.05) is 18.2 Å². The van der Waals surface area contributed by atoms with Crippen molar-refractivity contribution in [2.24, 2.45) is 10.9 Å². The van der Waals surface area contributed by atoms with E-state index < -0.39 is 0 Å². The van der Waals surface area contributed by atoms with E-state index in [0.29, 0.717) is 12.5 Å². The second-order valence-electron chi connectivity index (χ2n) is 6.45. The molecule has 6 nitrogen and oxygen atoms in total. The van der Waals surface area contributed by atoms with Crippen LogP contribution in [0.3, 0.4) is 0 Å². The van der Waals surface area contributed by atoms with Crippen LogP contribution in [0, 0.1) is 5.92 Å². The maximum absolute atomic E-state index is 5.41. The molecule has 1 fully saturated rings. The Morgan fingerprint density at radius 1 is 1.31 bits per heavy atom. The van der Waals surface area contributed by atoms with Crippen LogP contribution in [-0.2, 0) is 11.3 Å². The van der Waals surface area contributed by atoms with Crippen LogP contribution in [0.25, 0.3) is 0 Å². The van der Waals surface area contributed by atoms with Crippen LogP contribution in [0.5, 0.6) is 5.75 Å². The van der Waals surface area contributed by atoms with Gasteiger partial charge in [-0.2, -0.15) is 0 Å². The van der Waals surface area contributed by atoms with Crippen molar-refractivity contribution >= 4 is 29.9 Å². The van der Waals surface area contributed by atoms with Gasteiger partial charge in [0.2, 0.25) is 0 Å². The van der Waals surface area contributed by atoms with Gasteiger partial charge in [-0.15, -0.1) is 24.0 Å². The molecule has 0 spiro atoms. The Balaban J connectivity index is 0.00000338. The molecule has 26 heavy (non-hydrogen) atoms. The van der Waals surface area contributed by atoms with Crippen molar-refractivity contribution in [2.75, 3.05) is 53.0 Å². The van der Waals surface area contributed by atoms with Gasteiger partial charge in [0.05, 0.1) is 26.9 Å². The minimum absolute atomic E-state index is 0. The van der Waals surface area contributed by atoms with E-state index in [2.05, 4.69) is 40.4 Å². The van der Waals surface area contributed by atoms with Gasteiger partial charge in [-0.05, 0) is 30.5 Å². The quantitative estimate of drug-likeness (QED) is 0.343. The monoisotopic (exact) mass is 476 g/mol. The number of rotatable bonds is 8. The van der Waals surface area contributed by atoms with Crippen molar-refractivity contribution in [3.8, 4) is 5.75 Å². The van der Waals surface area contributed by atoms with Crippen molar-refractivity contribution in [1.29, 1.82) is 0 Å². The van der Waals surface area contributed by atoms with Crippen LogP contribution < -0.4 is 15.4 Å². The molecule has 1 aliphatic rings. The summed E-state index contributed by atoms with van der Waals surface area (Å²) in [5.74, 6) is 2.28. The molecule has 1 aromatic rings. The number of guanidine groups is 1. The third-order valence-electron chi connectivity index (χ3n) is 4.19. The highest BCUT2D eigenvalue weighted by atomic mass is 127. The Morgan fingerprint density at radius 3 is 2.77 bits per heavy atom. The smallest absolute Gasteiger partial charge is 0.191 e. The first-order chi connectivity index (χ1) is 12.2. The highest BCUT2D eigenvalue weighted by Gasteiger charge is 2.13. The van der Waals surface area contributed by atoms with Crippen LogP contribution in [0.15, 0.2) is 29.3 Å². The average molecular weight is 476 g/mol.